The van der Waals surface area contributed by atoms with Gasteiger partial charge in [-0.25, -0.2) is 4.68 Å². The van der Waals surface area contributed by atoms with E-state index < -0.39 is 0 Å². The number of aromatic nitrogens is 2. The maximum Gasteiger partial charge on any atom is 0.257 e. The molecule has 1 aromatic heterocycles. The molecule has 1 aliphatic heterocycles. The summed E-state index contributed by atoms with van der Waals surface area (Å²) < 4.78 is 1.87. The van der Waals surface area contributed by atoms with Gasteiger partial charge in [0.25, 0.3) is 5.91 Å². The van der Waals surface area contributed by atoms with Crippen molar-refractivity contribution in [3.05, 3.63) is 47.3 Å². The number of rotatable bonds is 4. The van der Waals surface area contributed by atoms with Crippen molar-refractivity contribution in [3.8, 4) is 5.69 Å². The van der Waals surface area contributed by atoms with Crippen LogP contribution in [0.15, 0.2) is 30.5 Å². The van der Waals surface area contributed by atoms with E-state index in [0.29, 0.717) is 5.56 Å². The molecule has 1 N–H and O–H groups in total. The van der Waals surface area contributed by atoms with Crippen molar-refractivity contribution in [2.24, 2.45) is 0 Å². The number of carbonyl (C=O) groups is 1. The van der Waals surface area contributed by atoms with Crippen LogP contribution in [0.5, 0.6) is 0 Å². The van der Waals surface area contributed by atoms with Gasteiger partial charge < -0.3 is 10.2 Å². The topological polar surface area (TPSA) is 50.2 Å². The van der Waals surface area contributed by atoms with Gasteiger partial charge in [0.15, 0.2) is 0 Å². The van der Waals surface area contributed by atoms with E-state index >= 15 is 0 Å². The molecule has 3 rings (SSSR count). The van der Waals surface area contributed by atoms with Crippen LogP contribution in [0.2, 0.25) is 0 Å². The molecule has 0 radical (unpaired) electrons. The van der Waals surface area contributed by atoms with E-state index in [2.05, 4.69) is 23.4 Å². The van der Waals surface area contributed by atoms with Crippen LogP contribution in [0.3, 0.4) is 0 Å². The van der Waals surface area contributed by atoms with Gasteiger partial charge in [0.05, 0.1) is 23.1 Å². The number of para-hydroxylation sites is 1. The summed E-state index contributed by atoms with van der Waals surface area (Å²) in [7, 11) is 1.93. The van der Waals surface area contributed by atoms with E-state index in [4.69, 9.17) is 0 Å². The standard InChI is InChI=1S/C18H24N4O.ClH/c1-13-7-4-5-9-17(13)22-14(2)16(12-20-22)18(23)21-10-6-8-15(21)11-19-3;/h4-5,7,9,12,15,19H,6,8,10-11H2,1-3H3;1H. The van der Waals surface area contributed by atoms with E-state index in [9.17, 15) is 4.79 Å². The lowest BCUT2D eigenvalue weighted by molar-refractivity contribution is 0.0736. The zero-order valence-corrected chi connectivity index (χ0v) is 15.3. The second-order valence-electron chi connectivity index (χ2n) is 6.19. The first-order chi connectivity index (χ1) is 11.1. The molecule has 5 nitrogen and oxygen atoms in total. The van der Waals surface area contributed by atoms with Gasteiger partial charge in [-0.1, -0.05) is 18.2 Å². The second-order valence-corrected chi connectivity index (χ2v) is 6.19. The second kappa shape index (κ2) is 7.81. The van der Waals surface area contributed by atoms with Gasteiger partial charge in [0, 0.05) is 19.1 Å². The summed E-state index contributed by atoms with van der Waals surface area (Å²) in [5.74, 6) is 0.0973. The Kier molecular flexibility index (Phi) is 6.02. The van der Waals surface area contributed by atoms with Gasteiger partial charge in [0.2, 0.25) is 0 Å². The fourth-order valence-electron chi connectivity index (χ4n) is 3.37. The lowest BCUT2D eigenvalue weighted by Crippen LogP contribution is -2.41. The van der Waals surface area contributed by atoms with Crippen molar-refractivity contribution in [1.29, 1.82) is 0 Å². The van der Waals surface area contributed by atoms with Gasteiger partial charge in [0.1, 0.15) is 0 Å². The third-order valence-corrected chi connectivity index (χ3v) is 4.66. The highest BCUT2D eigenvalue weighted by atomic mass is 35.5. The summed E-state index contributed by atoms with van der Waals surface area (Å²) in [6, 6.07) is 8.38. The Morgan fingerprint density at radius 3 is 2.79 bits per heavy atom. The largest absolute Gasteiger partial charge is 0.334 e. The van der Waals surface area contributed by atoms with Crippen LogP contribution in [0.25, 0.3) is 5.69 Å². The summed E-state index contributed by atoms with van der Waals surface area (Å²) in [5.41, 5.74) is 3.78. The SMILES string of the molecule is CNCC1CCCN1C(=O)c1cnn(-c2ccccc2C)c1C.Cl. The number of nitrogens with one attached hydrogen (secondary N) is 1. The van der Waals surface area contributed by atoms with Gasteiger partial charge in [-0.2, -0.15) is 5.10 Å². The first-order valence-corrected chi connectivity index (χ1v) is 8.19. The van der Waals surface area contributed by atoms with Crippen molar-refractivity contribution in [1.82, 2.24) is 20.0 Å². The van der Waals surface area contributed by atoms with Crippen LogP contribution in [0.4, 0.5) is 0 Å². The molecule has 2 aromatic rings. The van der Waals surface area contributed by atoms with Crippen molar-refractivity contribution in [2.45, 2.75) is 32.7 Å². The maximum absolute atomic E-state index is 12.9. The Morgan fingerprint density at radius 1 is 1.33 bits per heavy atom. The number of amides is 1. The molecule has 1 fully saturated rings. The molecule has 0 aliphatic carbocycles. The van der Waals surface area contributed by atoms with Crippen molar-refractivity contribution >= 4 is 18.3 Å². The van der Waals surface area contributed by atoms with Crippen molar-refractivity contribution in [3.63, 3.8) is 0 Å². The highest BCUT2D eigenvalue weighted by Crippen LogP contribution is 2.23. The molecule has 2 heterocycles. The van der Waals surface area contributed by atoms with Gasteiger partial charge >= 0.3 is 0 Å². The summed E-state index contributed by atoms with van der Waals surface area (Å²) in [5, 5.41) is 7.65. The van der Waals surface area contributed by atoms with Crippen LogP contribution < -0.4 is 5.32 Å². The molecule has 0 saturated carbocycles. The lowest BCUT2D eigenvalue weighted by atomic mass is 10.1. The van der Waals surface area contributed by atoms with Crippen LogP contribution in [0, 0.1) is 13.8 Å². The molecule has 0 spiro atoms. The number of aryl methyl sites for hydroxylation is 1. The molecule has 130 valence electrons. The van der Waals surface area contributed by atoms with E-state index in [1.165, 1.54) is 0 Å². The quantitative estimate of drug-likeness (QED) is 0.924. The van der Waals surface area contributed by atoms with E-state index in [0.717, 1.165) is 42.9 Å². The highest BCUT2D eigenvalue weighted by Gasteiger charge is 2.30. The molecule has 1 aliphatic rings. The minimum atomic E-state index is 0. The molecule has 1 aromatic carbocycles. The fourth-order valence-corrected chi connectivity index (χ4v) is 3.37. The van der Waals surface area contributed by atoms with Crippen molar-refractivity contribution < 1.29 is 4.79 Å². The minimum absolute atomic E-state index is 0. The molecular formula is C18H25ClN4O. The Hall–Kier alpha value is -1.85. The fraction of sp³-hybridized carbons (Fsp3) is 0.444. The minimum Gasteiger partial charge on any atom is -0.334 e. The molecule has 6 heteroatoms. The summed E-state index contributed by atoms with van der Waals surface area (Å²) in [4.78, 5) is 14.9. The molecule has 1 atom stereocenters. The van der Waals surface area contributed by atoms with Gasteiger partial charge in [-0.3, -0.25) is 4.79 Å². The van der Waals surface area contributed by atoms with Crippen LogP contribution in [-0.4, -0.2) is 46.8 Å². The molecule has 24 heavy (non-hydrogen) atoms. The van der Waals surface area contributed by atoms with Gasteiger partial charge in [-0.05, 0) is 45.4 Å². The third-order valence-electron chi connectivity index (χ3n) is 4.66. The average Bonchev–Trinajstić information content (AvgIpc) is 3.15. The molecule has 0 bridgehead atoms. The summed E-state index contributed by atoms with van der Waals surface area (Å²) in [6.45, 7) is 5.70. The molecule has 1 amide bonds. The monoisotopic (exact) mass is 348 g/mol. The highest BCUT2D eigenvalue weighted by molar-refractivity contribution is 5.95. The predicted octanol–water partition coefficient (Wildman–Crippen LogP) is 2.73. The zero-order valence-electron chi connectivity index (χ0n) is 14.5. The first kappa shape index (κ1) is 18.5. The van der Waals surface area contributed by atoms with Crippen LogP contribution >= 0.6 is 12.4 Å². The Balaban J connectivity index is 0.00000208. The van der Waals surface area contributed by atoms with Crippen LogP contribution in [0.1, 0.15) is 34.5 Å². The zero-order chi connectivity index (χ0) is 16.4. The smallest absolute Gasteiger partial charge is 0.257 e. The molecule has 1 unspecified atom stereocenters. The number of hydrogen-bond donors (Lipinski definition) is 1. The Bertz CT molecular complexity index is 713. The number of hydrogen-bond acceptors (Lipinski definition) is 3. The number of nitrogens with zero attached hydrogens (tertiary/aromatic N) is 3. The molecule has 1 saturated heterocycles. The molecular weight excluding hydrogens is 324 g/mol. The third kappa shape index (κ3) is 3.32. The summed E-state index contributed by atoms with van der Waals surface area (Å²) >= 11 is 0. The van der Waals surface area contributed by atoms with Gasteiger partial charge in [-0.15, -0.1) is 12.4 Å². The average molecular weight is 349 g/mol. The van der Waals surface area contributed by atoms with E-state index in [1.54, 1.807) is 6.20 Å². The Morgan fingerprint density at radius 2 is 2.08 bits per heavy atom. The summed E-state index contributed by atoms with van der Waals surface area (Å²) in [6.07, 6.45) is 3.85. The maximum atomic E-state index is 12.9. The van der Waals surface area contributed by atoms with Crippen LogP contribution in [-0.2, 0) is 0 Å². The number of likely N-dealkylation sites (tertiary alicyclic amines) is 1. The predicted molar refractivity (Wildman–Crippen MR) is 98.3 cm³/mol. The van der Waals surface area contributed by atoms with Crippen molar-refractivity contribution in [2.75, 3.05) is 20.1 Å². The number of carbonyl (C=O) groups excluding carboxylic acids is 1. The number of benzene rings is 1. The normalized spacial score (nSPS) is 17.0. The van der Waals surface area contributed by atoms with E-state index in [-0.39, 0.29) is 24.4 Å². The first-order valence-electron chi connectivity index (χ1n) is 8.19. The Labute approximate surface area is 149 Å². The lowest BCUT2D eigenvalue weighted by Gasteiger charge is -2.24. The number of halogens is 1. The number of likely N-dealkylation sites (N-methyl/N-ethyl adjacent to an activating group) is 1. The van der Waals surface area contributed by atoms with E-state index in [1.807, 2.05) is 41.8 Å².